The maximum Gasteiger partial charge on any atom is 0.278 e. The Hall–Kier alpha value is -6.48. The molecule has 5 aromatic rings. The van der Waals surface area contributed by atoms with Gasteiger partial charge in [-0.2, -0.15) is 0 Å². The summed E-state index contributed by atoms with van der Waals surface area (Å²) in [5.41, 5.74) is 6.53. The maximum absolute atomic E-state index is 14.8. The number of ether oxygens (including phenoxy) is 4. The number of morpholine rings is 1. The first-order valence-electron chi connectivity index (χ1n) is 20.5. The van der Waals surface area contributed by atoms with Crippen LogP contribution in [0.3, 0.4) is 0 Å². The van der Waals surface area contributed by atoms with E-state index < -0.39 is 22.2 Å². The highest BCUT2D eigenvalue weighted by atomic mass is 32.2. The third-order valence-corrected chi connectivity index (χ3v) is 12.2. The highest BCUT2D eigenvalue weighted by molar-refractivity contribution is 7.99. The van der Waals surface area contributed by atoms with Crippen molar-refractivity contribution in [3.8, 4) is 17.2 Å². The lowest BCUT2D eigenvalue weighted by Gasteiger charge is -2.29. The minimum atomic E-state index is -4.16. The third-order valence-electron chi connectivity index (χ3n) is 10.4. The Balaban J connectivity index is 1.23. The zero-order chi connectivity index (χ0) is 43.8. The van der Waals surface area contributed by atoms with Crippen LogP contribution in [0.5, 0.6) is 17.2 Å². The lowest BCUT2D eigenvalue weighted by Crippen LogP contribution is -2.44. The van der Waals surface area contributed by atoms with Gasteiger partial charge in [0.15, 0.2) is 17.3 Å². The number of hydrogen-bond acceptors (Lipinski definition) is 11. The molecule has 1 unspecified atom stereocenters. The highest BCUT2D eigenvalue weighted by Gasteiger charge is 2.36. The fraction of sp³-hybridized carbons (Fsp3) is 0.271. The minimum Gasteiger partial charge on any atom is -0.465 e. The fourth-order valence-electron chi connectivity index (χ4n) is 7.01. The number of amides is 1. The van der Waals surface area contributed by atoms with Gasteiger partial charge in [0.05, 0.1) is 30.8 Å². The second-order valence-electron chi connectivity index (χ2n) is 15.1. The Morgan fingerprint density at radius 3 is 2.34 bits per heavy atom. The van der Waals surface area contributed by atoms with Gasteiger partial charge in [-0.05, 0) is 105 Å². The monoisotopic (exact) mass is 856 g/mol. The average Bonchev–Trinajstić information content (AvgIpc) is 3.26. The van der Waals surface area contributed by atoms with Gasteiger partial charge >= 0.3 is 0 Å². The number of sulfonamides is 1. The maximum atomic E-state index is 14.8. The minimum absolute atomic E-state index is 0.00491. The molecule has 13 nitrogen and oxygen atoms in total. The lowest BCUT2D eigenvalue weighted by atomic mass is 10.1. The topological polar surface area (TPSA) is 143 Å². The van der Waals surface area contributed by atoms with Gasteiger partial charge < -0.3 is 34.5 Å². The van der Waals surface area contributed by atoms with Crippen LogP contribution in [0.2, 0.25) is 0 Å². The number of nitrogens with zero attached hydrogens (tertiary/aromatic N) is 4. The normalized spacial score (nSPS) is 15.6. The Labute approximate surface area is 363 Å². The number of hydrogen-bond donors (Lipinski definition) is 2. The molecule has 62 heavy (non-hydrogen) atoms. The van der Waals surface area contributed by atoms with Crippen molar-refractivity contribution in [1.82, 2.24) is 4.31 Å². The van der Waals surface area contributed by atoms with Gasteiger partial charge in [0, 0.05) is 37.9 Å². The van der Waals surface area contributed by atoms with Gasteiger partial charge in [-0.15, -0.1) is 0 Å². The first-order valence-corrected chi connectivity index (χ1v) is 22.0. The van der Waals surface area contributed by atoms with Gasteiger partial charge in [-0.1, -0.05) is 67.1 Å². The van der Waals surface area contributed by atoms with E-state index in [4.69, 9.17) is 23.9 Å². The Kier molecular flexibility index (Phi) is 13.7. The average molecular weight is 857 g/mol. The van der Waals surface area contributed by atoms with E-state index in [1.807, 2.05) is 95.3 Å². The number of aliphatic imine (C=N–C) groups is 2. The van der Waals surface area contributed by atoms with Crippen LogP contribution >= 0.6 is 0 Å². The number of anilines is 3. The summed E-state index contributed by atoms with van der Waals surface area (Å²) >= 11 is 0. The molecule has 7 rings (SSSR count). The molecule has 1 atom stereocenters. The second-order valence-corrected chi connectivity index (χ2v) is 17.0. The number of carbonyl (C=O) groups is 1. The summed E-state index contributed by atoms with van der Waals surface area (Å²) in [7, 11) is -2.79. The van der Waals surface area contributed by atoms with Crippen LogP contribution in [0.25, 0.3) is 4.91 Å². The van der Waals surface area contributed by atoms with Crippen molar-refractivity contribution in [2.24, 2.45) is 9.98 Å². The van der Waals surface area contributed by atoms with E-state index in [9.17, 15) is 13.2 Å². The van der Waals surface area contributed by atoms with Crippen molar-refractivity contribution in [3.63, 3.8) is 0 Å². The van der Waals surface area contributed by atoms with E-state index in [1.165, 1.54) is 13.2 Å². The predicted molar refractivity (Wildman–Crippen MR) is 246 cm³/mol. The molecule has 1 saturated heterocycles. The Morgan fingerprint density at radius 2 is 1.61 bits per heavy atom. The van der Waals surface area contributed by atoms with Crippen LogP contribution in [-0.2, 0) is 24.3 Å². The SMILES string of the molecule is CCC(OCNc1ccc(Oc2cccc(C)c2)c(NC(=O)/C(=N\c2ccc(N3CCOCC3)cc2C)C2=NC=C(c3ccccc3)S(=O)(=O)N2C)c1)Oc1ccc(C)cc1C. The molecule has 1 fully saturated rings. The number of aryl methyl sites for hydroxylation is 4. The van der Waals surface area contributed by atoms with Gasteiger partial charge in [-0.3, -0.25) is 9.10 Å². The van der Waals surface area contributed by atoms with E-state index in [0.717, 1.165) is 51.1 Å². The summed E-state index contributed by atoms with van der Waals surface area (Å²) < 4.78 is 53.4. The van der Waals surface area contributed by atoms with Crippen LogP contribution in [0.4, 0.5) is 22.7 Å². The standard InChI is InChI=1S/C48H52N6O7S/c1-7-45(61-42-20-16-33(3)26-35(42)5)59-31-50-37-17-21-43(60-39-15-11-12-32(2)27-39)41(29-37)52-48(55)46(51-40-19-18-38(28-34(40)4)54-22-24-58-25-23-54)47-49-30-44(62(56,57)53(47)6)36-13-9-8-10-14-36/h8-21,26-30,45,50H,7,22-25,31H2,1-6H3,(H,52,55)/b51-46-. The van der Waals surface area contributed by atoms with Crippen molar-refractivity contribution >= 4 is 55.1 Å². The highest BCUT2D eigenvalue weighted by Crippen LogP contribution is 2.34. The third kappa shape index (κ3) is 10.3. The predicted octanol–water partition coefficient (Wildman–Crippen LogP) is 9.13. The molecule has 2 aliphatic heterocycles. The number of benzene rings is 5. The largest absolute Gasteiger partial charge is 0.465 e. The number of nitrogens with one attached hydrogen (secondary N) is 2. The van der Waals surface area contributed by atoms with Crippen molar-refractivity contribution in [2.45, 2.75) is 47.3 Å². The van der Waals surface area contributed by atoms with E-state index in [2.05, 4.69) is 26.6 Å². The molecule has 5 aromatic carbocycles. The second kappa shape index (κ2) is 19.5. The van der Waals surface area contributed by atoms with Crippen LogP contribution in [0.1, 0.15) is 41.2 Å². The molecule has 2 aliphatic rings. The van der Waals surface area contributed by atoms with Crippen LogP contribution in [0.15, 0.2) is 125 Å². The summed E-state index contributed by atoms with van der Waals surface area (Å²) in [5.74, 6) is 0.776. The zero-order valence-electron chi connectivity index (χ0n) is 35.8. The van der Waals surface area contributed by atoms with Crippen LogP contribution in [-0.4, -0.2) is 76.5 Å². The molecule has 0 spiro atoms. The summed E-state index contributed by atoms with van der Waals surface area (Å²) in [6.45, 7) is 12.7. The summed E-state index contributed by atoms with van der Waals surface area (Å²) in [4.78, 5) is 26.4. The molecule has 2 N–H and O–H groups in total. The molecule has 1 amide bonds. The molecule has 0 radical (unpaired) electrons. The van der Waals surface area contributed by atoms with Crippen LogP contribution < -0.4 is 25.0 Å². The van der Waals surface area contributed by atoms with Gasteiger partial charge in [-0.25, -0.2) is 18.4 Å². The van der Waals surface area contributed by atoms with Gasteiger partial charge in [0.25, 0.3) is 15.9 Å². The summed E-state index contributed by atoms with van der Waals surface area (Å²) in [6.07, 6.45) is 1.35. The quantitative estimate of drug-likeness (QED) is 0.0779. The first kappa shape index (κ1) is 43.6. The van der Waals surface area contributed by atoms with Crippen LogP contribution in [0, 0.1) is 27.7 Å². The Morgan fingerprint density at radius 1 is 0.855 bits per heavy atom. The number of carbonyl (C=O) groups excluding carboxylic acids is 1. The van der Waals surface area contributed by atoms with Gasteiger partial charge in [0.2, 0.25) is 6.29 Å². The summed E-state index contributed by atoms with van der Waals surface area (Å²) in [6, 6.07) is 33.3. The molecule has 0 aliphatic carbocycles. The zero-order valence-corrected chi connectivity index (χ0v) is 36.7. The van der Waals surface area contributed by atoms with Crippen molar-refractivity contribution < 1.29 is 32.2 Å². The number of rotatable bonds is 15. The van der Waals surface area contributed by atoms with Crippen molar-refractivity contribution in [3.05, 3.63) is 143 Å². The molecule has 0 bridgehead atoms. The lowest BCUT2D eigenvalue weighted by molar-refractivity contribution is -0.110. The molecular formula is C48H52N6O7S. The van der Waals surface area contributed by atoms with Gasteiger partial charge in [0.1, 0.15) is 23.1 Å². The molecule has 0 aromatic heterocycles. The smallest absolute Gasteiger partial charge is 0.278 e. The van der Waals surface area contributed by atoms with Crippen molar-refractivity contribution in [1.29, 1.82) is 0 Å². The van der Waals surface area contributed by atoms with E-state index in [0.29, 0.717) is 48.1 Å². The molecule has 14 heteroatoms. The number of amidine groups is 1. The first-order chi connectivity index (χ1) is 29.9. The fourth-order valence-corrected chi connectivity index (χ4v) is 8.29. The van der Waals surface area contributed by atoms with E-state index in [1.54, 1.807) is 42.5 Å². The van der Waals surface area contributed by atoms with Crippen molar-refractivity contribution in [2.75, 3.05) is 55.6 Å². The summed E-state index contributed by atoms with van der Waals surface area (Å²) in [5, 5.41) is 6.26. The molecule has 2 heterocycles. The molecular weight excluding hydrogens is 805 g/mol. The van der Waals surface area contributed by atoms with E-state index in [-0.39, 0.29) is 28.9 Å². The molecule has 322 valence electrons. The van der Waals surface area contributed by atoms with E-state index >= 15 is 0 Å². The Bertz CT molecular complexity index is 2620. The molecule has 0 saturated carbocycles.